The number of nitrogens with zero attached hydrogens (tertiary/aromatic N) is 3. The van der Waals surface area contributed by atoms with Crippen LogP contribution in [0, 0.1) is 15.2 Å². The molecule has 0 saturated carbocycles. The lowest BCUT2D eigenvalue weighted by Gasteiger charge is -2.53. The first kappa shape index (κ1) is 24.9. The van der Waals surface area contributed by atoms with Gasteiger partial charge in [0.05, 0.1) is 47.9 Å². The van der Waals surface area contributed by atoms with Gasteiger partial charge in [-0.1, -0.05) is 6.42 Å². The summed E-state index contributed by atoms with van der Waals surface area (Å²) >= 11 is 1.99. The van der Waals surface area contributed by atoms with Crippen LogP contribution in [0.3, 0.4) is 0 Å². The van der Waals surface area contributed by atoms with Crippen LogP contribution in [0.15, 0.2) is 30.6 Å². The van der Waals surface area contributed by atoms with Crippen molar-refractivity contribution in [3.8, 4) is 0 Å². The van der Waals surface area contributed by atoms with Crippen LogP contribution in [-0.4, -0.2) is 57.6 Å². The minimum Gasteiger partial charge on any atom is -0.454 e. The van der Waals surface area contributed by atoms with Gasteiger partial charge >= 0.3 is 5.97 Å². The second-order valence-electron chi connectivity index (χ2n) is 9.41. The van der Waals surface area contributed by atoms with Gasteiger partial charge in [-0.2, -0.15) is 0 Å². The van der Waals surface area contributed by atoms with Crippen molar-refractivity contribution in [3.63, 3.8) is 0 Å². The van der Waals surface area contributed by atoms with E-state index in [1.54, 1.807) is 23.7 Å². The van der Waals surface area contributed by atoms with Crippen LogP contribution in [0.4, 0.5) is 20.2 Å². The molecule has 2 aromatic carbocycles. The smallest absolute Gasteiger partial charge is 0.303 e. The molecule has 1 atom stereocenters. The van der Waals surface area contributed by atoms with Crippen LogP contribution in [0.5, 0.6) is 0 Å². The lowest BCUT2D eigenvalue weighted by Crippen LogP contribution is -2.73. The Balaban J connectivity index is 1.50. The average molecular weight is 609 g/mol. The Bertz CT molecular complexity index is 1350. The number of ether oxygens (including phenoxy) is 1. The molecule has 0 bridgehead atoms. The molecule has 2 saturated heterocycles. The van der Waals surface area contributed by atoms with Crippen LogP contribution >= 0.6 is 22.6 Å². The highest BCUT2D eigenvalue weighted by atomic mass is 127. The number of nitrogens with one attached hydrogen (secondary N) is 2. The maximum absolute atomic E-state index is 15.7. The van der Waals surface area contributed by atoms with E-state index < -0.39 is 29.1 Å². The first-order valence-electron chi connectivity index (χ1n) is 11.8. The van der Waals surface area contributed by atoms with E-state index in [4.69, 9.17) is 4.74 Å². The SMILES string of the molecule is CC(=O)OC1(C2CCCCN2)CN(C(=O)c2cc3c(ncn3C)c(F)c2Nc2ccc(I)cc2F)C1. The predicted molar refractivity (Wildman–Crippen MR) is 139 cm³/mol. The Morgan fingerprint density at radius 3 is 2.69 bits per heavy atom. The number of benzene rings is 2. The molecule has 190 valence electrons. The van der Waals surface area contributed by atoms with E-state index in [1.165, 1.54) is 30.3 Å². The molecule has 2 fully saturated rings. The number of likely N-dealkylation sites (tertiary alicyclic amines) is 1. The maximum Gasteiger partial charge on any atom is 0.303 e. The van der Waals surface area contributed by atoms with Crippen molar-refractivity contribution in [1.29, 1.82) is 0 Å². The summed E-state index contributed by atoms with van der Waals surface area (Å²) in [5.74, 6) is -2.16. The van der Waals surface area contributed by atoms with Crippen molar-refractivity contribution in [3.05, 3.63) is 51.4 Å². The van der Waals surface area contributed by atoms with E-state index in [0.29, 0.717) is 9.09 Å². The number of fused-ring (bicyclic) bond motifs is 1. The summed E-state index contributed by atoms with van der Waals surface area (Å²) in [6, 6.07) is 6.00. The molecular formula is C25H26F2IN5O3. The summed E-state index contributed by atoms with van der Waals surface area (Å²) in [5.41, 5.74) is -0.367. The van der Waals surface area contributed by atoms with Crippen molar-refractivity contribution >= 4 is 56.9 Å². The van der Waals surface area contributed by atoms with Gasteiger partial charge in [0.25, 0.3) is 5.91 Å². The molecule has 2 N–H and O–H groups in total. The summed E-state index contributed by atoms with van der Waals surface area (Å²) in [6.45, 7) is 2.55. The third kappa shape index (κ3) is 4.42. The maximum atomic E-state index is 15.7. The normalized spacial score (nSPS) is 19.1. The largest absolute Gasteiger partial charge is 0.454 e. The minimum absolute atomic E-state index is 0.0444. The molecule has 3 heterocycles. The van der Waals surface area contributed by atoms with E-state index in [-0.39, 0.29) is 41.6 Å². The average Bonchev–Trinajstić information content (AvgIpc) is 3.20. The summed E-state index contributed by atoms with van der Waals surface area (Å²) in [7, 11) is 1.71. The van der Waals surface area contributed by atoms with Crippen molar-refractivity contribution in [2.24, 2.45) is 7.05 Å². The Morgan fingerprint density at radius 2 is 2.03 bits per heavy atom. The molecule has 5 rings (SSSR count). The number of rotatable bonds is 5. The molecule has 3 aromatic rings. The van der Waals surface area contributed by atoms with Gasteiger partial charge in [-0.25, -0.2) is 13.8 Å². The number of piperidine rings is 1. The van der Waals surface area contributed by atoms with Crippen molar-refractivity contribution < 1.29 is 23.1 Å². The molecule has 1 amide bonds. The van der Waals surface area contributed by atoms with Gasteiger partial charge in [0.2, 0.25) is 0 Å². The quantitative estimate of drug-likeness (QED) is 0.335. The molecular weight excluding hydrogens is 583 g/mol. The van der Waals surface area contributed by atoms with Crippen molar-refractivity contribution in [2.45, 2.75) is 37.8 Å². The van der Waals surface area contributed by atoms with Crippen LogP contribution < -0.4 is 10.6 Å². The number of aromatic nitrogens is 2. The summed E-state index contributed by atoms with van der Waals surface area (Å²) < 4.78 is 38.4. The molecule has 8 nitrogen and oxygen atoms in total. The molecule has 11 heteroatoms. The van der Waals surface area contributed by atoms with Gasteiger partial charge in [0, 0.05) is 17.5 Å². The fourth-order valence-electron chi connectivity index (χ4n) is 5.10. The van der Waals surface area contributed by atoms with Gasteiger partial charge in [-0.15, -0.1) is 0 Å². The van der Waals surface area contributed by atoms with Gasteiger partial charge < -0.3 is 24.8 Å². The molecule has 1 aromatic heterocycles. The van der Waals surface area contributed by atoms with Crippen molar-refractivity contribution in [1.82, 2.24) is 19.8 Å². The highest BCUT2D eigenvalue weighted by Crippen LogP contribution is 2.37. The Kier molecular flexibility index (Phi) is 6.62. The number of amides is 1. The topological polar surface area (TPSA) is 88.5 Å². The Morgan fingerprint density at radius 1 is 1.25 bits per heavy atom. The van der Waals surface area contributed by atoms with E-state index in [9.17, 15) is 14.0 Å². The van der Waals surface area contributed by atoms with E-state index in [1.807, 2.05) is 22.6 Å². The minimum atomic E-state index is -0.826. The Labute approximate surface area is 220 Å². The Hall–Kier alpha value is -2.80. The fourth-order valence-corrected chi connectivity index (χ4v) is 5.55. The van der Waals surface area contributed by atoms with Crippen LogP contribution in [0.2, 0.25) is 0 Å². The zero-order valence-corrected chi connectivity index (χ0v) is 22.1. The molecule has 0 radical (unpaired) electrons. The van der Waals surface area contributed by atoms with Crippen LogP contribution in [-0.2, 0) is 16.6 Å². The number of aryl methyl sites for hydroxylation is 1. The number of esters is 1. The molecule has 1 unspecified atom stereocenters. The molecule has 0 aliphatic carbocycles. The third-order valence-corrected chi connectivity index (χ3v) is 7.55. The highest BCUT2D eigenvalue weighted by Gasteiger charge is 2.54. The van der Waals surface area contributed by atoms with Crippen LogP contribution in [0.1, 0.15) is 36.5 Å². The van der Waals surface area contributed by atoms with E-state index >= 15 is 4.39 Å². The summed E-state index contributed by atoms with van der Waals surface area (Å²) in [5, 5.41) is 6.21. The standard InChI is InChI=1S/C25H26F2IN5O3/c1-14(34)36-25(20-5-3-4-8-29-20)11-33(12-25)24(35)16-10-19-23(30-13-32(19)2)21(27)22(16)31-18-7-6-15(28)9-17(18)26/h6-7,9-10,13,20,29,31H,3-5,8,11-12H2,1-2H3. The molecule has 2 aliphatic rings. The van der Waals surface area contributed by atoms with Gasteiger partial charge in [0.1, 0.15) is 11.3 Å². The first-order chi connectivity index (χ1) is 17.2. The molecule has 2 aliphatic heterocycles. The number of anilines is 2. The number of hydrogen-bond donors (Lipinski definition) is 2. The monoisotopic (exact) mass is 609 g/mol. The summed E-state index contributed by atoms with van der Waals surface area (Å²) in [6.07, 6.45) is 4.35. The third-order valence-electron chi connectivity index (χ3n) is 6.88. The first-order valence-corrected chi connectivity index (χ1v) is 12.8. The molecule has 36 heavy (non-hydrogen) atoms. The number of imidazole rings is 1. The number of halogens is 3. The second-order valence-corrected chi connectivity index (χ2v) is 10.7. The van der Waals surface area contributed by atoms with Gasteiger partial charge in [-0.05, 0) is 66.2 Å². The zero-order valence-electron chi connectivity index (χ0n) is 19.9. The zero-order chi connectivity index (χ0) is 25.6. The van der Waals surface area contributed by atoms with E-state index in [2.05, 4.69) is 15.6 Å². The molecule has 0 spiro atoms. The number of hydrogen-bond acceptors (Lipinski definition) is 6. The van der Waals surface area contributed by atoms with Crippen molar-refractivity contribution in [2.75, 3.05) is 25.0 Å². The van der Waals surface area contributed by atoms with Gasteiger partial charge in [-0.3, -0.25) is 9.59 Å². The van der Waals surface area contributed by atoms with Gasteiger partial charge in [0.15, 0.2) is 11.4 Å². The predicted octanol–water partition coefficient (Wildman–Crippen LogP) is 4.10. The van der Waals surface area contributed by atoms with E-state index in [0.717, 1.165) is 25.8 Å². The lowest BCUT2D eigenvalue weighted by atomic mass is 9.81. The summed E-state index contributed by atoms with van der Waals surface area (Å²) in [4.78, 5) is 31.2. The van der Waals surface area contributed by atoms with Crippen LogP contribution in [0.25, 0.3) is 11.0 Å². The highest BCUT2D eigenvalue weighted by molar-refractivity contribution is 14.1. The number of carbonyl (C=O) groups is 2. The fraction of sp³-hybridized carbons (Fsp3) is 0.400. The number of carbonyl (C=O) groups excluding carboxylic acids is 2. The second kappa shape index (κ2) is 9.58. The lowest BCUT2D eigenvalue weighted by molar-refractivity contribution is -0.181.